The summed E-state index contributed by atoms with van der Waals surface area (Å²) in [6.45, 7) is 1.58. The average molecular weight is 336 g/mol. The summed E-state index contributed by atoms with van der Waals surface area (Å²) in [5.41, 5.74) is 1.23. The number of fused-ring (bicyclic) bond motifs is 1. The summed E-state index contributed by atoms with van der Waals surface area (Å²) in [6, 6.07) is 8.21. The molecule has 0 fully saturated rings. The van der Waals surface area contributed by atoms with Crippen LogP contribution in [0.4, 0.5) is 5.69 Å². The summed E-state index contributed by atoms with van der Waals surface area (Å²) in [4.78, 5) is 14.4. The summed E-state index contributed by atoms with van der Waals surface area (Å²) in [5.74, 6) is -1.14. The summed E-state index contributed by atoms with van der Waals surface area (Å²) < 4.78 is 27.3. The first-order valence-electron chi connectivity index (χ1n) is 6.30. The smallest absolute Gasteiger partial charge is 0.345 e. The highest BCUT2D eigenvalue weighted by Crippen LogP contribution is 2.28. The summed E-state index contributed by atoms with van der Waals surface area (Å²) >= 11 is 0.939. The van der Waals surface area contributed by atoms with Crippen molar-refractivity contribution in [2.75, 3.05) is 4.72 Å². The van der Waals surface area contributed by atoms with Crippen LogP contribution in [-0.2, 0) is 10.0 Å². The zero-order chi connectivity index (χ0) is 15.9. The molecule has 0 aliphatic carbocycles. The van der Waals surface area contributed by atoms with Gasteiger partial charge in [0.2, 0.25) is 0 Å². The highest BCUT2D eigenvalue weighted by molar-refractivity contribution is 7.93. The predicted octanol–water partition coefficient (Wildman–Crippen LogP) is 3.04. The molecule has 0 bridgehead atoms. The maximum atomic E-state index is 12.4. The first kappa shape index (κ1) is 14.6. The fraction of sp³-hybridized carbons (Fsp3) is 0.0714. The van der Waals surface area contributed by atoms with E-state index in [2.05, 4.69) is 9.71 Å². The number of hydrogen-bond acceptors (Lipinski definition) is 4. The number of benzene rings is 1. The van der Waals surface area contributed by atoms with Gasteiger partial charge in [0.25, 0.3) is 10.0 Å². The molecule has 3 rings (SSSR count). The van der Waals surface area contributed by atoms with Crippen molar-refractivity contribution in [2.24, 2.45) is 0 Å². The number of aromatic nitrogens is 1. The Labute approximate surface area is 130 Å². The van der Waals surface area contributed by atoms with Gasteiger partial charge in [0, 0.05) is 16.6 Å². The number of carboxylic acid groups (broad SMARTS) is 1. The van der Waals surface area contributed by atoms with Crippen molar-refractivity contribution in [1.29, 1.82) is 0 Å². The molecule has 0 saturated carbocycles. The molecule has 2 aromatic heterocycles. The average Bonchev–Trinajstić information content (AvgIpc) is 3.04. The molecule has 2 heterocycles. The third kappa shape index (κ3) is 2.58. The summed E-state index contributed by atoms with van der Waals surface area (Å²) in [6.07, 6.45) is 1.77. The Morgan fingerprint density at radius 3 is 2.73 bits per heavy atom. The van der Waals surface area contributed by atoms with Gasteiger partial charge in [-0.2, -0.15) is 0 Å². The largest absolute Gasteiger partial charge is 0.477 e. The first-order valence-corrected chi connectivity index (χ1v) is 8.60. The van der Waals surface area contributed by atoms with Gasteiger partial charge in [0.05, 0.1) is 5.69 Å². The minimum Gasteiger partial charge on any atom is -0.477 e. The molecule has 3 N–H and O–H groups in total. The number of aromatic amines is 1. The van der Waals surface area contributed by atoms with E-state index in [0.29, 0.717) is 10.6 Å². The van der Waals surface area contributed by atoms with Gasteiger partial charge < -0.3 is 10.1 Å². The van der Waals surface area contributed by atoms with Gasteiger partial charge in [-0.3, -0.25) is 4.72 Å². The molecular weight excluding hydrogens is 324 g/mol. The third-order valence-electron chi connectivity index (χ3n) is 3.18. The number of sulfonamides is 1. The standard InChI is InChI=1S/C14H12N2O4S2/c1-8-13(7-12(21-8)14(17)18)22(19,20)16-10-3-2-9-4-5-15-11(9)6-10/h2-7,15-16H,1H3,(H,17,18). The molecule has 114 valence electrons. The quantitative estimate of drug-likeness (QED) is 0.682. The highest BCUT2D eigenvalue weighted by Gasteiger charge is 2.22. The topological polar surface area (TPSA) is 99.3 Å². The molecule has 0 radical (unpaired) electrons. The van der Waals surface area contributed by atoms with E-state index in [9.17, 15) is 13.2 Å². The number of H-pyrrole nitrogens is 1. The molecule has 0 aliphatic rings. The predicted molar refractivity (Wildman–Crippen MR) is 85.1 cm³/mol. The van der Waals surface area contributed by atoms with Gasteiger partial charge in [0.15, 0.2) is 0 Å². The highest BCUT2D eigenvalue weighted by atomic mass is 32.2. The van der Waals surface area contributed by atoms with E-state index in [0.717, 1.165) is 22.2 Å². The van der Waals surface area contributed by atoms with Gasteiger partial charge in [-0.15, -0.1) is 11.3 Å². The summed E-state index contributed by atoms with van der Waals surface area (Å²) in [5, 5.41) is 9.94. The molecule has 0 atom stereocenters. The van der Waals surface area contributed by atoms with Gasteiger partial charge >= 0.3 is 5.97 Å². The number of nitrogens with one attached hydrogen (secondary N) is 2. The van der Waals surface area contributed by atoms with Crippen molar-refractivity contribution in [1.82, 2.24) is 4.98 Å². The number of carboxylic acids is 1. The van der Waals surface area contributed by atoms with E-state index < -0.39 is 16.0 Å². The Morgan fingerprint density at radius 1 is 1.27 bits per heavy atom. The van der Waals surface area contributed by atoms with E-state index in [-0.39, 0.29) is 9.77 Å². The maximum absolute atomic E-state index is 12.4. The maximum Gasteiger partial charge on any atom is 0.345 e. The van der Waals surface area contributed by atoms with E-state index in [4.69, 9.17) is 5.11 Å². The second-order valence-electron chi connectivity index (χ2n) is 4.72. The minimum absolute atomic E-state index is 0.00213. The van der Waals surface area contributed by atoms with Crippen LogP contribution in [0.1, 0.15) is 14.5 Å². The van der Waals surface area contributed by atoms with Crippen LogP contribution in [0.5, 0.6) is 0 Å². The van der Waals surface area contributed by atoms with Crippen molar-refractivity contribution in [3.8, 4) is 0 Å². The molecule has 0 amide bonds. The Kier molecular flexibility index (Phi) is 3.42. The van der Waals surface area contributed by atoms with Crippen LogP contribution in [0.3, 0.4) is 0 Å². The lowest BCUT2D eigenvalue weighted by atomic mass is 10.2. The normalized spacial score (nSPS) is 11.7. The van der Waals surface area contributed by atoms with E-state index in [1.165, 1.54) is 6.07 Å². The lowest BCUT2D eigenvalue weighted by molar-refractivity contribution is 0.0702. The van der Waals surface area contributed by atoms with Crippen molar-refractivity contribution >= 4 is 43.9 Å². The third-order valence-corrected chi connectivity index (χ3v) is 5.85. The summed E-state index contributed by atoms with van der Waals surface area (Å²) in [7, 11) is -3.83. The van der Waals surface area contributed by atoms with Crippen LogP contribution >= 0.6 is 11.3 Å². The first-order chi connectivity index (χ1) is 10.4. The number of aromatic carboxylic acids is 1. The number of anilines is 1. The molecule has 0 saturated heterocycles. The van der Waals surface area contributed by atoms with E-state index in [1.54, 1.807) is 31.3 Å². The van der Waals surface area contributed by atoms with Crippen LogP contribution in [0.15, 0.2) is 41.4 Å². The molecule has 8 heteroatoms. The molecule has 22 heavy (non-hydrogen) atoms. The molecule has 0 aliphatic heterocycles. The Morgan fingerprint density at radius 2 is 2.05 bits per heavy atom. The SMILES string of the molecule is Cc1sc(C(=O)O)cc1S(=O)(=O)Nc1ccc2cc[nH]c2c1. The molecule has 0 spiro atoms. The van der Waals surface area contributed by atoms with Gasteiger partial charge in [-0.25, -0.2) is 13.2 Å². The van der Waals surface area contributed by atoms with Crippen LogP contribution in [0.25, 0.3) is 10.9 Å². The van der Waals surface area contributed by atoms with Crippen LogP contribution in [0, 0.1) is 6.92 Å². The molecule has 1 aromatic carbocycles. The van der Waals surface area contributed by atoms with Crippen molar-refractivity contribution in [2.45, 2.75) is 11.8 Å². The monoisotopic (exact) mass is 336 g/mol. The van der Waals surface area contributed by atoms with Crippen molar-refractivity contribution in [3.05, 3.63) is 46.3 Å². The Balaban J connectivity index is 1.97. The van der Waals surface area contributed by atoms with E-state index >= 15 is 0 Å². The number of aryl methyl sites for hydroxylation is 1. The second kappa shape index (κ2) is 5.15. The second-order valence-corrected chi connectivity index (χ2v) is 7.63. The van der Waals surface area contributed by atoms with E-state index in [1.807, 2.05) is 6.07 Å². The number of rotatable bonds is 4. The van der Waals surface area contributed by atoms with Gasteiger partial charge in [-0.1, -0.05) is 6.07 Å². The zero-order valence-corrected chi connectivity index (χ0v) is 13.1. The molecule has 3 aromatic rings. The van der Waals surface area contributed by atoms with Crippen LogP contribution in [-0.4, -0.2) is 24.5 Å². The minimum atomic E-state index is -3.83. The van der Waals surface area contributed by atoms with Crippen LogP contribution < -0.4 is 4.72 Å². The Bertz CT molecular complexity index is 970. The Hall–Kier alpha value is -2.32. The number of thiophene rings is 1. The van der Waals surface area contributed by atoms with Crippen LogP contribution in [0.2, 0.25) is 0 Å². The lowest BCUT2D eigenvalue weighted by Crippen LogP contribution is -2.13. The van der Waals surface area contributed by atoms with Crippen molar-refractivity contribution < 1.29 is 18.3 Å². The molecule has 6 nitrogen and oxygen atoms in total. The molecule has 0 unspecified atom stereocenters. The number of hydrogen-bond donors (Lipinski definition) is 3. The van der Waals surface area contributed by atoms with Crippen molar-refractivity contribution in [3.63, 3.8) is 0 Å². The lowest BCUT2D eigenvalue weighted by Gasteiger charge is -2.07. The zero-order valence-electron chi connectivity index (χ0n) is 11.5. The number of carbonyl (C=O) groups is 1. The fourth-order valence-electron chi connectivity index (χ4n) is 2.16. The van der Waals surface area contributed by atoms with Gasteiger partial charge in [-0.05, 0) is 36.6 Å². The molecular formula is C14H12N2O4S2. The van der Waals surface area contributed by atoms with Gasteiger partial charge in [0.1, 0.15) is 9.77 Å². The fourth-order valence-corrected chi connectivity index (χ4v) is 4.64.